The lowest BCUT2D eigenvalue weighted by atomic mass is 9.98. The summed E-state index contributed by atoms with van der Waals surface area (Å²) in [5.74, 6) is 0.549. The molecule has 3 N–H and O–H groups in total. The number of rotatable bonds is 4. The van der Waals surface area contributed by atoms with Crippen molar-refractivity contribution in [3.05, 3.63) is 35.5 Å². The molecule has 3 heteroatoms. The number of aromatic nitrogens is 1. The minimum atomic E-state index is 0.265. The lowest BCUT2D eigenvalue weighted by molar-refractivity contribution is 0.308. The summed E-state index contributed by atoms with van der Waals surface area (Å²) in [5, 5.41) is 1.30. The predicted octanol–water partition coefficient (Wildman–Crippen LogP) is 2.85. The van der Waals surface area contributed by atoms with Crippen LogP contribution in [0.1, 0.15) is 36.9 Å². The highest BCUT2D eigenvalue weighted by Crippen LogP contribution is 2.29. The van der Waals surface area contributed by atoms with E-state index in [1.165, 1.54) is 22.0 Å². The maximum Gasteiger partial charge on any atom is 0.0485 e. The van der Waals surface area contributed by atoms with E-state index < -0.39 is 0 Å². The Labute approximate surface area is 109 Å². The number of benzene rings is 1. The maximum absolute atomic E-state index is 5.90. The summed E-state index contributed by atoms with van der Waals surface area (Å²) in [6, 6.07) is 6.91. The Bertz CT molecular complexity index is 526. The van der Waals surface area contributed by atoms with Gasteiger partial charge in [-0.2, -0.15) is 0 Å². The molecule has 0 saturated carbocycles. The van der Waals surface area contributed by atoms with Crippen molar-refractivity contribution in [3.8, 4) is 0 Å². The third kappa shape index (κ3) is 2.28. The Hall–Kier alpha value is -1.32. The fourth-order valence-electron chi connectivity index (χ4n) is 2.41. The smallest absolute Gasteiger partial charge is 0.0485 e. The molecule has 3 nitrogen and oxygen atoms in total. The average Bonchev–Trinajstić information content (AvgIpc) is 2.73. The molecule has 98 valence electrons. The molecule has 18 heavy (non-hydrogen) atoms. The molecule has 1 aromatic heterocycles. The van der Waals surface area contributed by atoms with E-state index in [-0.39, 0.29) is 6.04 Å². The van der Waals surface area contributed by atoms with Gasteiger partial charge in [-0.1, -0.05) is 19.9 Å². The second kappa shape index (κ2) is 5.12. The van der Waals surface area contributed by atoms with Crippen molar-refractivity contribution in [1.29, 1.82) is 0 Å². The van der Waals surface area contributed by atoms with Gasteiger partial charge in [0.1, 0.15) is 0 Å². The number of hydrogen-bond donors (Lipinski definition) is 2. The van der Waals surface area contributed by atoms with E-state index in [1.807, 2.05) is 0 Å². The summed E-state index contributed by atoms with van der Waals surface area (Å²) >= 11 is 0. The first kappa shape index (κ1) is 13.1. The van der Waals surface area contributed by atoms with Crippen LogP contribution in [0.5, 0.6) is 0 Å². The Kier molecular flexibility index (Phi) is 3.73. The standard InChI is InChI=1S/C15H23N3/c1-10(2)11-5-6-14-12(7-11)13(9-17-14)15(8-16)18(3)4/h5-7,9-10,15,17H,8,16H2,1-4H3. The first-order chi connectivity index (χ1) is 8.54. The van der Waals surface area contributed by atoms with Crippen molar-refractivity contribution in [1.82, 2.24) is 9.88 Å². The van der Waals surface area contributed by atoms with E-state index in [4.69, 9.17) is 5.73 Å². The first-order valence-electron chi connectivity index (χ1n) is 6.52. The molecule has 0 aliphatic carbocycles. The van der Waals surface area contributed by atoms with Crippen LogP contribution in [0.25, 0.3) is 10.9 Å². The summed E-state index contributed by atoms with van der Waals surface area (Å²) < 4.78 is 0. The number of H-pyrrole nitrogens is 1. The molecule has 0 saturated heterocycles. The van der Waals surface area contributed by atoms with Gasteiger partial charge < -0.3 is 15.6 Å². The first-order valence-corrected chi connectivity index (χ1v) is 6.52. The summed E-state index contributed by atoms with van der Waals surface area (Å²) in [4.78, 5) is 5.51. The molecule has 0 aliphatic rings. The van der Waals surface area contributed by atoms with Crippen LogP contribution in [0.4, 0.5) is 0 Å². The van der Waals surface area contributed by atoms with Crippen LogP contribution in [-0.4, -0.2) is 30.5 Å². The number of nitrogens with two attached hydrogens (primary N) is 1. The summed E-state index contributed by atoms with van der Waals surface area (Å²) in [6.07, 6.45) is 2.09. The number of hydrogen-bond acceptors (Lipinski definition) is 2. The zero-order valence-electron chi connectivity index (χ0n) is 11.7. The lowest BCUT2D eigenvalue weighted by Crippen LogP contribution is -2.26. The van der Waals surface area contributed by atoms with E-state index in [9.17, 15) is 0 Å². The monoisotopic (exact) mass is 245 g/mol. The molecule has 0 amide bonds. The Morgan fingerprint density at radius 1 is 1.28 bits per heavy atom. The predicted molar refractivity (Wildman–Crippen MR) is 77.9 cm³/mol. The van der Waals surface area contributed by atoms with E-state index in [0.29, 0.717) is 12.5 Å². The van der Waals surface area contributed by atoms with Crippen LogP contribution >= 0.6 is 0 Å². The van der Waals surface area contributed by atoms with E-state index in [1.54, 1.807) is 0 Å². The number of nitrogens with one attached hydrogen (secondary N) is 1. The molecule has 1 aromatic carbocycles. The molecular formula is C15H23N3. The largest absolute Gasteiger partial charge is 0.361 e. The van der Waals surface area contributed by atoms with Crippen LogP contribution in [0, 0.1) is 0 Å². The van der Waals surface area contributed by atoms with Gasteiger partial charge in [0.15, 0.2) is 0 Å². The van der Waals surface area contributed by atoms with Crippen molar-refractivity contribution in [2.45, 2.75) is 25.8 Å². The number of fused-ring (bicyclic) bond motifs is 1. The zero-order chi connectivity index (χ0) is 13.3. The zero-order valence-corrected chi connectivity index (χ0v) is 11.7. The van der Waals surface area contributed by atoms with E-state index in [2.05, 4.69) is 62.2 Å². The highest BCUT2D eigenvalue weighted by molar-refractivity contribution is 5.84. The minimum absolute atomic E-state index is 0.265. The van der Waals surface area contributed by atoms with Crippen molar-refractivity contribution < 1.29 is 0 Å². The summed E-state index contributed by atoms with van der Waals surface area (Å²) in [5.41, 5.74) is 9.75. The third-order valence-electron chi connectivity index (χ3n) is 3.61. The molecule has 0 fully saturated rings. The normalized spacial score (nSPS) is 13.7. The SMILES string of the molecule is CC(C)c1ccc2[nH]cc(C(CN)N(C)C)c2c1. The summed E-state index contributed by atoms with van der Waals surface area (Å²) in [7, 11) is 4.14. The maximum atomic E-state index is 5.90. The molecule has 1 unspecified atom stereocenters. The molecule has 0 spiro atoms. The van der Waals surface area contributed by atoms with Gasteiger partial charge in [-0.15, -0.1) is 0 Å². The van der Waals surface area contributed by atoms with Gasteiger partial charge in [-0.3, -0.25) is 0 Å². The fraction of sp³-hybridized carbons (Fsp3) is 0.467. The second-order valence-corrected chi connectivity index (χ2v) is 5.42. The average molecular weight is 245 g/mol. The quantitative estimate of drug-likeness (QED) is 0.870. The van der Waals surface area contributed by atoms with Gasteiger partial charge in [-0.05, 0) is 43.3 Å². The van der Waals surface area contributed by atoms with Gasteiger partial charge >= 0.3 is 0 Å². The molecule has 0 radical (unpaired) electrons. The van der Waals surface area contributed by atoms with Crippen molar-refractivity contribution >= 4 is 10.9 Å². The number of nitrogens with zero attached hydrogens (tertiary/aromatic N) is 1. The van der Waals surface area contributed by atoms with Crippen molar-refractivity contribution in [2.75, 3.05) is 20.6 Å². The van der Waals surface area contributed by atoms with Gasteiger partial charge in [0.05, 0.1) is 0 Å². The van der Waals surface area contributed by atoms with Gasteiger partial charge in [0.2, 0.25) is 0 Å². The number of aromatic amines is 1. The lowest BCUT2D eigenvalue weighted by Gasteiger charge is -2.22. The summed E-state index contributed by atoms with van der Waals surface area (Å²) in [6.45, 7) is 5.07. The fourth-order valence-corrected chi connectivity index (χ4v) is 2.41. The van der Waals surface area contributed by atoms with Crippen LogP contribution in [-0.2, 0) is 0 Å². The van der Waals surface area contributed by atoms with Crippen LogP contribution in [0.3, 0.4) is 0 Å². The highest BCUT2D eigenvalue weighted by atomic mass is 15.1. The van der Waals surface area contributed by atoms with E-state index in [0.717, 1.165) is 0 Å². The Balaban J connectivity index is 2.54. The molecule has 2 rings (SSSR count). The topological polar surface area (TPSA) is 45.1 Å². The van der Waals surface area contributed by atoms with Crippen molar-refractivity contribution in [2.24, 2.45) is 5.73 Å². The Morgan fingerprint density at radius 2 is 2.00 bits per heavy atom. The highest BCUT2D eigenvalue weighted by Gasteiger charge is 2.16. The molecule has 1 atom stereocenters. The molecule has 2 aromatic rings. The van der Waals surface area contributed by atoms with Crippen LogP contribution in [0.2, 0.25) is 0 Å². The van der Waals surface area contributed by atoms with Crippen molar-refractivity contribution in [3.63, 3.8) is 0 Å². The molecule has 0 aliphatic heterocycles. The third-order valence-corrected chi connectivity index (χ3v) is 3.61. The second-order valence-electron chi connectivity index (χ2n) is 5.42. The van der Waals surface area contributed by atoms with Gasteiger partial charge in [0.25, 0.3) is 0 Å². The van der Waals surface area contributed by atoms with E-state index >= 15 is 0 Å². The van der Waals surface area contributed by atoms with Crippen LogP contribution < -0.4 is 5.73 Å². The van der Waals surface area contributed by atoms with Gasteiger partial charge in [-0.25, -0.2) is 0 Å². The Morgan fingerprint density at radius 3 is 2.56 bits per heavy atom. The van der Waals surface area contributed by atoms with Gasteiger partial charge in [0, 0.05) is 29.7 Å². The molecular weight excluding hydrogens is 222 g/mol. The molecule has 0 bridgehead atoms. The number of likely N-dealkylation sites (N-methyl/N-ethyl adjacent to an activating group) is 1. The molecule has 1 heterocycles. The minimum Gasteiger partial charge on any atom is -0.361 e. The van der Waals surface area contributed by atoms with Crippen LogP contribution in [0.15, 0.2) is 24.4 Å².